The highest BCUT2D eigenvalue weighted by atomic mass is 32.1. The lowest BCUT2D eigenvalue weighted by atomic mass is 10.0. The highest BCUT2D eigenvalue weighted by molar-refractivity contribution is 7.17. The third kappa shape index (κ3) is 1.64. The summed E-state index contributed by atoms with van der Waals surface area (Å²) in [5.74, 6) is -0.930. The number of aromatic carboxylic acids is 1. The van der Waals surface area contributed by atoms with Gasteiger partial charge in [-0.05, 0) is 25.7 Å². The van der Waals surface area contributed by atoms with Gasteiger partial charge in [0.25, 0.3) is 0 Å². The van der Waals surface area contributed by atoms with Crippen molar-refractivity contribution < 1.29 is 14.6 Å². The monoisotopic (exact) mass is 266 g/mol. The molecule has 0 aliphatic heterocycles. The minimum Gasteiger partial charge on any atom is -0.477 e. The van der Waals surface area contributed by atoms with Gasteiger partial charge in [0.1, 0.15) is 5.69 Å². The number of nitrogens with zero attached hydrogens (tertiary/aromatic N) is 2. The normalized spacial score (nSPS) is 14.9. The Hall–Kier alpha value is -1.40. The fraction of sp³-hybridized carbons (Fsp3) is 0.500. The average molecular weight is 266 g/mol. The summed E-state index contributed by atoms with van der Waals surface area (Å²) in [6.07, 6.45) is 4.29. The van der Waals surface area contributed by atoms with Crippen LogP contribution in [0.25, 0.3) is 4.96 Å². The second-order valence-corrected chi connectivity index (χ2v) is 5.50. The topological polar surface area (TPSA) is 63.8 Å². The summed E-state index contributed by atoms with van der Waals surface area (Å²) in [7, 11) is 1.55. The number of aryl methyl sites for hydroxylation is 2. The van der Waals surface area contributed by atoms with E-state index in [1.165, 1.54) is 11.3 Å². The second kappa shape index (κ2) is 4.37. The highest BCUT2D eigenvalue weighted by Crippen LogP contribution is 2.32. The quantitative estimate of drug-likeness (QED) is 0.924. The smallest absolute Gasteiger partial charge is 0.354 e. The van der Waals surface area contributed by atoms with Crippen molar-refractivity contribution in [3.63, 3.8) is 0 Å². The number of methoxy groups -OCH3 is 1. The summed E-state index contributed by atoms with van der Waals surface area (Å²) < 4.78 is 6.84. The molecule has 3 rings (SSSR count). The van der Waals surface area contributed by atoms with Crippen LogP contribution in [-0.4, -0.2) is 27.6 Å². The van der Waals surface area contributed by atoms with Gasteiger partial charge >= 0.3 is 5.97 Å². The number of carbonyl (C=O) groups is 1. The third-order valence-corrected chi connectivity index (χ3v) is 4.42. The van der Waals surface area contributed by atoms with Gasteiger partial charge in [-0.25, -0.2) is 9.78 Å². The van der Waals surface area contributed by atoms with E-state index >= 15 is 0 Å². The van der Waals surface area contributed by atoms with Gasteiger partial charge in [-0.3, -0.25) is 4.40 Å². The number of imidazole rings is 1. The van der Waals surface area contributed by atoms with E-state index in [0.29, 0.717) is 5.69 Å². The summed E-state index contributed by atoms with van der Waals surface area (Å²) in [5.41, 5.74) is 1.92. The van der Waals surface area contributed by atoms with Gasteiger partial charge < -0.3 is 9.84 Å². The molecule has 0 bridgehead atoms. The lowest BCUT2D eigenvalue weighted by Crippen LogP contribution is -2.10. The lowest BCUT2D eigenvalue weighted by Gasteiger charge is -2.11. The summed E-state index contributed by atoms with van der Waals surface area (Å²) in [6.45, 7) is 0.241. The van der Waals surface area contributed by atoms with Crippen LogP contribution in [0.4, 0.5) is 0 Å². The van der Waals surface area contributed by atoms with Crippen molar-refractivity contribution >= 4 is 22.3 Å². The molecular weight excluding hydrogens is 252 g/mol. The van der Waals surface area contributed by atoms with E-state index < -0.39 is 5.97 Å². The summed E-state index contributed by atoms with van der Waals surface area (Å²) >= 11 is 1.61. The van der Waals surface area contributed by atoms with Gasteiger partial charge in [-0.15, -0.1) is 11.3 Å². The van der Waals surface area contributed by atoms with Crippen LogP contribution in [0.5, 0.6) is 0 Å². The van der Waals surface area contributed by atoms with E-state index in [1.807, 2.05) is 4.40 Å². The highest BCUT2D eigenvalue weighted by Gasteiger charge is 2.25. The van der Waals surface area contributed by atoms with Crippen molar-refractivity contribution in [1.29, 1.82) is 0 Å². The number of carboxylic acids is 1. The number of ether oxygens (including phenoxy) is 1. The Labute approximate surface area is 108 Å². The Morgan fingerprint density at radius 3 is 3.00 bits per heavy atom. The molecule has 0 atom stereocenters. The second-order valence-electron chi connectivity index (χ2n) is 4.44. The fourth-order valence-corrected chi connectivity index (χ4v) is 3.76. The maximum absolute atomic E-state index is 11.4. The van der Waals surface area contributed by atoms with Crippen LogP contribution in [0.2, 0.25) is 0 Å². The summed E-state index contributed by atoms with van der Waals surface area (Å²) in [5, 5.41) is 9.39. The van der Waals surface area contributed by atoms with Crippen molar-refractivity contribution in [2.75, 3.05) is 7.11 Å². The van der Waals surface area contributed by atoms with E-state index in [1.54, 1.807) is 18.4 Å². The zero-order valence-electron chi connectivity index (χ0n) is 10.1. The molecule has 0 fully saturated rings. The molecule has 18 heavy (non-hydrogen) atoms. The number of thiazole rings is 1. The minimum absolute atomic E-state index is 0.241. The number of carboxylic acid groups (broad SMARTS) is 1. The zero-order chi connectivity index (χ0) is 12.7. The van der Waals surface area contributed by atoms with Gasteiger partial charge in [0.05, 0.1) is 6.61 Å². The molecule has 2 heterocycles. The van der Waals surface area contributed by atoms with Crippen molar-refractivity contribution in [3.05, 3.63) is 22.0 Å². The molecule has 6 heteroatoms. The first kappa shape index (κ1) is 11.7. The summed E-state index contributed by atoms with van der Waals surface area (Å²) in [4.78, 5) is 17.9. The number of rotatable bonds is 3. The Morgan fingerprint density at radius 2 is 2.28 bits per heavy atom. The molecule has 1 aliphatic rings. The molecule has 0 saturated heterocycles. The number of hydrogen-bond donors (Lipinski definition) is 1. The molecule has 0 aromatic carbocycles. The Balaban J connectivity index is 2.25. The SMILES string of the molecule is COCc1nc2sc3c(n2c1C(=O)O)CCCC3. The predicted molar refractivity (Wildman–Crippen MR) is 67.4 cm³/mol. The van der Waals surface area contributed by atoms with Crippen LogP contribution in [0.3, 0.4) is 0 Å². The molecule has 1 N–H and O–H groups in total. The molecular formula is C12H14N2O3S. The fourth-order valence-electron chi connectivity index (χ4n) is 2.54. The van der Waals surface area contributed by atoms with E-state index in [4.69, 9.17) is 4.74 Å². The first-order chi connectivity index (χ1) is 8.72. The third-order valence-electron chi connectivity index (χ3n) is 3.28. The Bertz CT molecular complexity index is 614. The maximum Gasteiger partial charge on any atom is 0.354 e. The average Bonchev–Trinajstić information content (AvgIpc) is 2.84. The van der Waals surface area contributed by atoms with E-state index in [9.17, 15) is 9.90 Å². The van der Waals surface area contributed by atoms with Crippen LogP contribution >= 0.6 is 11.3 Å². The molecule has 5 nitrogen and oxygen atoms in total. The largest absolute Gasteiger partial charge is 0.477 e. The molecule has 0 saturated carbocycles. The van der Waals surface area contributed by atoms with Crippen LogP contribution in [0.15, 0.2) is 0 Å². The van der Waals surface area contributed by atoms with E-state index in [-0.39, 0.29) is 12.3 Å². The van der Waals surface area contributed by atoms with Crippen molar-refractivity contribution in [2.24, 2.45) is 0 Å². The Kier molecular flexibility index (Phi) is 2.83. The van der Waals surface area contributed by atoms with Gasteiger partial charge in [-0.1, -0.05) is 0 Å². The number of aromatic nitrogens is 2. The van der Waals surface area contributed by atoms with Crippen molar-refractivity contribution in [1.82, 2.24) is 9.38 Å². The molecule has 96 valence electrons. The van der Waals surface area contributed by atoms with Gasteiger partial charge in [0, 0.05) is 17.7 Å². The Morgan fingerprint density at radius 1 is 1.50 bits per heavy atom. The molecule has 0 unspecified atom stereocenters. The molecule has 0 spiro atoms. The van der Waals surface area contributed by atoms with Crippen molar-refractivity contribution in [3.8, 4) is 0 Å². The molecule has 0 amide bonds. The van der Waals surface area contributed by atoms with Crippen LogP contribution < -0.4 is 0 Å². The molecule has 2 aromatic rings. The minimum atomic E-state index is -0.930. The standard InChI is InChI=1S/C12H14N2O3S/c1-17-6-7-10(11(15)16)14-8-4-2-3-5-9(8)18-12(14)13-7/h2-6H2,1H3,(H,15,16). The zero-order valence-corrected chi connectivity index (χ0v) is 10.9. The predicted octanol–water partition coefficient (Wildman–Crippen LogP) is 2.12. The first-order valence-corrected chi connectivity index (χ1v) is 6.78. The molecule has 0 radical (unpaired) electrons. The van der Waals surface area contributed by atoms with Crippen LogP contribution in [0.1, 0.15) is 39.6 Å². The maximum atomic E-state index is 11.4. The van der Waals surface area contributed by atoms with Gasteiger partial charge in [-0.2, -0.15) is 0 Å². The first-order valence-electron chi connectivity index (χ1n) is 5.96. The van der Waals surface area contributed by atoms with Gasteiger partial charge in [0.15, 0.2) is 10.7 Å². The van der Waals surface area contributed by atoms with E-state index in [2.05, 4.69) is 4.98 Å². The van der Waals surface area contributed by atoms with Crippen molar-refractivity contribution in [2.45, 2.75) is 32.3 Å². The molecule has 2 aromatic heterocycles. The lowest BCUT2D eigenvalue weighted by molar-refractivity contribution is 0.0683. The van der Waals surface area contributed by atoms with Crippen LogP contribution in [-0.2, 0) is 24.2 Å². The van der Waals surface area contributed by atoms with Gasteiger partial charge in [0.2, 0.25) is 0 Å². The molecule has 1 aliphatic carbocycles. The van der Waals surface area contributed by atoms with Crippen LogP contribution in [0, 0.1) is 0 Å². The summed E-state index contributed by atoms with van der Waals surface area (Å²) in [6, 6.07) is 0. The number of hydrogen-bond acceptors (Lipinski definition) is 4. The van der Waals surface area contributed by atoms with E-state index in [0.717, 1.165) is 29.9 Å². The number of fused-ring (bicyclic) bond motifs is 3.